The molecule has 0 atom stereocenters. The Morgan fingerprint density at radius 1 is 1.16 bits per heavy atom. The number of anilines is 1. The number of nitrogens with one attached hydrogen (secondary N) is 1. The van der Waals surface area contributed by atoms with Crippen LogP contribution in [0.15, 0.2) is 22.7 Å². The average molecular weight is 357 g/mol. The molecular formula is C13H14BrClF3N. The first-order valence-electron chi connectivity index (χ1n) is 6.14. The van der Waals surface area contributed by atoms with Crippen molar-refractivity contribution in [1.29, 1.82) is 0 Å². The standard InChI is InChI=1S/C13H14BrClF3N/c14-9-3-6-11(15)12(7-9)19-10-4-1-8(2-5-10)13(16,17)18/h3,6-8,10,19H,1-2,4-5H2. The minimum atomic E-state index is -4.06. The molecule has 1 aliphatic rings. The van der Waals surface area contributed by atoms with E-state index in [4.69, 9.17) is 11.6 Å². The molecule has 0 radical (unpaired) electrons. The largest absolute Gasteiger partial charge is 0.391 e. The fourth-order valence-electron chi connectivity index (χ4n) is 2.39. The molecule has 6 heteroatoms. The zero-order chi connectivity index (χ0) is 14.0. The Kier molecular flexibility index (Phi) is 4.66. The maximum Gasteiger partial charge on any atom is 0.391 e. The van der Waals surface area contributed by atoms with E-state index in [9.17, 15) is 13.2 Å². The number of halogens is 5. The number of benzene rings is 1. The lowest BCUT2D eigenvalue weighted by molar-refractivity contribution is -0.182. The topological polar surface area (TPSA) is 12.0 Å². The number of rotatable bonds is 2. The fourth-order valence-corrected chi connectivity index (χ4v) is 2.93. The minimum absolute atomic E-state index is 0.0606. The lowest BCUT2D eigenvalue weighted by Crippen LogP contribution is -2.32. The van der Waals surface area contributed by atoms with Crippen molar-refractivity contribution in [3.8, 4) is 0 Å². The van der Waals surface area contributed by atoms with Gasteiger partial charge in [0.05, 0.1) is 16.6 Å². The Hall–Kier alpha value is -0.420. The molecule has 1 nitrogen and oxygen atoms in total. The predicted octanol–water partition coefficient (Wildman–Crippen LogP) is 5.64. The van der Waals surface area contributed by atoms with Gasteiger partial charge in [-0.25, -0.2) is 0 Å². The third-order valence-electron chi connectivity index (χ3n) is 3.48. The Balaban J connectivity index is 1.94. The molecule has 1 aliphatic carbocycles. The Bertz CT molecular complexity index is 442. The molecule has 1 N–H and O–H groups in total. The van der Waals surface area contributed by atoms with Crippen LogP contribution in [0.1, 0.15) is 25.7 Å². The summed E-state index contributed by atoms with van der Waals surface area (Å²) in [7, 11) is 0. The lowest BCUT2D eigenvalue weighted by atomic mass is 9.85. The van der Waals surface area contributed by atoms with Gasteiger partial charge in [-0.3, -0.25) is 0 Å². The Labute approximate surface area is 123 Å². The van der Waals surface area contributed by atoms with Crippen molar-refractivity contribution in [2.75, 3.05) is 5.32 Å². The second-order valence-corrected chi connectivity index (χ2v) is 6.18. The van der Waals surface area contributed by atoms with E-state index in [1.165, 1.54) is 0 Å². The molecule has 0 unspecified atom stereocenters. The normalized spacial score (nSPS) is 24.3. The maximum absolute atomic E-state index is 12.6. The summed E-state index contributed by atoms with van der Waals surface area (Å²) in [6.07, 6.45) is -2.64. The van der Waals surface area contributed by atoms with Gasteiger partial charge in [-0.1, -0.05) is 27.5 Å². The minimum Gasteiger partial charge on any atom is -0.381 e. The first kappa shape index (κ1) is 15.0. The van der Waals surface area contributed by atoms with Gasteiger partial charge in [0.25, 0.3) is 0 Å². The van der Waals surface area contributed by atoms with Crippen LogP contribution in [-0.4, -0.2) is 12.2 Å². The molecule has 19 heavy (non-hydrogen) atoms. The van der Waals surface area contributed by atoms with Crippen LogP contribution in [0.25, 0.3) is 0 Å². The van der Waals surface area contributed by atoms with Gasteiger partial charge in [0.2, 0.25) is 0 Å². The van der Waals surface area contributed by atoms with Crippen LogP contribution >= 0.6 is 27.5 Å². The number of hydrogen-bond donors (Lipinski definition) is 1. The zero-order valence-electron chi connectivity index (χ0n) is 10.1. The van der Waals surface area contributed by atoms with Crippen LogP contribution in [0.3, 0.4) is 0 Å². The van der Waals surface area contributed by atoms with E-state index in [-0.39, 0.29) is 18.9 Å². The SMILES string of the molecule is FC(F)(F)C1CCC(Nc2cc(Br)ccc2Cl)CC1. The van der Waals surface area contributed by atoms with Crippen molar-refractivity contribution >= 4 is 33.2 Å². The second-order valence-electron chi connectivity index (χ2n) is 4.86. The van der Waals surface area contributed by atoms with Crippen molar-refractivity contribution in [1.82, 2.24) is 0 Å². The monoisotopic (exact) mass is 355 g/mol. The van der Waals surface area contributed by atoms with Crippen molar-refractivity contribution < 1.29 is 13.2 Å². The van der Waals surface area contributed by atoms with Gasteiger partial charge < -0.3 is 5.32 Å². The summed E-state index contributed by atoms with van der Waals surface area (Å²) in [6, 6.07) is 5.49. The number of alkyl halides is 3. The lowest BCUT2D eigenvalue weighted by Gasteiger charge is -2.31. The van der Waals surface area contributed by atoms with E-state index in [0.717, 1.165) is 10.2 Å². The molecule has 0 aliphatic heterocycles. The summed E-state index contributed by atoms with van der Waals surface area (Å²) in [4.78, 5) is 0. The molecule has 1 aromatic carbocycles. The maximum atomic E-state index is 12.6. The quantitative estimate of drug-likeness (QED) is 0.723. The molecule has 0 spiro atoms. The molecule has 1 saturated carbocycles. The van der Waals surface area contributed by atoms with E-state index in [2.05, 4.69) is 21.2 Å². The predicted molar refractivity (Wildman–Crippen MR) is 74.6 cm³/mol. The highest BCUT2D eigenvalue weighted by Crippen LogP contribution is 2.38. The summed E-state index contributed by atoms with van der Waals surface area (Å²) in [5, 5.41) is 3.82. The smallest absolute Gasteiger partial charge is 0.381 e. The van der Waals surface area contributed by atoms with Gasteiger partial charge in [-0.15, -0.1) is 0 Å². The Morgan fingerprint density at radius 2 is 1.79 bits per heavy atom. The van der Waals surface area contributed by atoms with Crippen LogP contribution in [0.2, 0.25) is 5.02 Å². The molecule has 0 amide bonds. The van der Waals surface area contributed by atoms with Gasteiger partial charge in [0.1, 0.15) is 0 Å². The van der Waals surface area contributed by atoms with Gasteiger partial charge >= 0.3 is 6.18 Å². The summed E-state index contributed by atoms with van der Waals surface area (Å²) in [5.74, 6) is -1.15. The van der Waals surface area contributed by atoms with Crippen molar-refractivity contribution in [3.63, 3.8) is 0 Å². The molecular weight excluding hydrogens is 343 g/mol. The summed E-state index contributed by atoms with van der Waals surface area (Å²) in [6.45, 7) is 0. The molecule has 0 bridgehead atoms. The van der Waals surface area contributed by atoms with Crippen molar-refractivity contribution in [2.24, 2.45) is 5.92 Å². The van der Waals surface area contributed by atoms with E-state index in [1.807, 2.05) is 12.1 Å². The van der Waals surface area contributed by atoms with Crippen LogP contribution < -0.4 is 5.32 Å². The molecule has 0 heterocycles. The highest BCUT2D eigenvalue weighted by molar-refractivity contribution is 9.10. The summed E-state index contributed by atoms with van der Waals surface area (Å²) in [5.41, 5.74) is 0.770. The second kappa shape index (κ2) is 5.92. The number of hydrogen-bond acceptors (Lipinski definition) is 1. The van der Waals surface area contributed by atoms with Gasteiger partial charge in [0.15, 0.2) is 0 Å². The van der Waals surface area contributed by atoms with Crippen LogP contribution in [0.4, 0.5) is 18.9 Å². The zero-order valence-corrected chi connectivity index (χ0v) is 12.4. The first-order chi connectivity index (χ1) is 8.86. The van der Waals surface area contributed by atoms with Gasteiger partial charge in [0, 0.05) is 10.5 Å². The third-order valence-corrected chi connectivity index (χ3v) is 4.30. The van der Waals surface area contributed by atoms with E-state index < -0.39 is 12.1 Å². The molecule has 0 aromatic heterocycles. The van der Waals surface area contributed by atoms with E-state index in [0.29, 0.717) is 17.9 Å². The third kappa shape index (κ3) is 4.02. The van der Waals surface area contributed by atoms with Crippen LogP contribution in [0.5, 0.6) is 0 Å². The average Bonchev–Trinajstić information content (AvgIpc) is 2.33. The molecule has 106 valence electrons. The van der Waals surface area contributed by atoms with Gasteiger partial charge in [-0.2, -0.15) is 13.2 Å². The summed E-state index contributed by atoms with van der Waals surface area (Å²) >= 11 is 9.40. The fraction of sp³-hybridized carbons (Fsp3) is 0.538. The first-order valence-corrected chi connectivity index (χ1v) is 7.31. The van der Waals surface area contributed by atoms with E-state index >= 15 is 0 Å². The van der Waals surface area contributed by atoms with Crippen molar-refractivity contribution in [2.45, 2.75) is 37.9 Å². The Morgan fingerprint density at radius 3 is 2.37 bits per heavy atom. The highest BCUT2D eigenvalue weighted by atomic mass is 79.9. The van der Waals surface area contributed by atoms with Gasteiger partial charge in [-0.05, 0) is 43.9 Å². The molecule has 1 fully saturated rings. The van der Waals surface area contributed by atoms with Crippen LogP contribution in [-0.2, 0) is 0 Å². The molecule has 2 rings (SSSR count). The highest BCUT2D eigenvalue weighted by Gasteiger charge is 2.41. The van der Waals surface area contributed by atoms with E-state index in [1.54, 1.807) is 6.07 Å². The van der Waals surface area contributed by atoms with Crippen LogP contribution in [0, 0.1) is 5.92 Å². The van der Waals surface area contributed by atoms with Crippen molar-refractivity contribution in [3.05, 3.63) is 27.7 Å². The molecule has 0 saturated heterocycles. The summed E-state index contributed by atoms with van der Waals surface area (Å²) < 4.78 is 38.6. The molecule has 1 aromatic rings.